The van der Waals surface area contributed by atoms with Gasteiger partial charge in [0.2, 0.25) is 0 Å². The molecule has 1 rings (SSSR count). The number of hydrogen-bond acceptors (Lipinski definition) is 4. The van der Waals surface area contributed by atoms with Crippen LogP contribution in [-0.4, -0.2) is 40.6 Å². The van der Waals surface area contributed by atoms with Crippen molar-refractivity contribution in [2.75, 3.05) is 32.2 Å². The molecule has 0 fully saturated rings. The molecule has 1 aromatic rings. The summed E-state index contributed by atoms with van der Waals surface area (Å²) in [6.07, 6.45) is 2.79. The van der Waals surface area contributed by atoms with Crippen molar-refractivity contribution >= 4 is 9.84 Å². The average Bonchev–Trinajstić information content (AvgIpc) is 2.41. The number of benzene rings is 1. The molecule has 0 heterocycles. The third-order valence-corrected chi connectivity index (χ3v) is 4.26. The monoisotopic (exact) mass is 299 g/mol. The molecule has 0 saturated heterocycles. The highest BCUT2D eigenvalue weighted by Crippen LogP contribution is 2.22. The number of sulfone groups is 1. The minimum atomic E-state index is -2.91. The maximum Gasteiger partial charge on any atom is 0.147 e. The van der Waals surface area contributed by atoms with Crippen LogP contribution in [0.25, 0.3) is 0 Å². The summed E-state index contributed by atoms with van der Waals surface area (Å²) in [6, 6.07) is 7.91. The van der Waals surface area contributed by atoms with Gasteiger partial charge in [-0.2, -0.15) is 0 Å². The highest BCUT2D eigenvalue weighted by molar-refractivity contribution is 7.90. The van der Waals surface area contributed by atoms with E-state index in [1.54, 1.807) is 7.11 Å². The highest BCUT2D eigenvalue weighted by Gasteiger charge is 2.15. The lowest BCUT2D eigenvalue weighted by Crippen LogP contribution is -2.26. The van der Waals surface area contributed by atoms with Crippen LogP contribution in [0.1, 0.15) is 18.9 Å². The summed E-state index contributed by atoms with van der Waals surface area (Å²) in [4.78, 5) is 0. The second kappa shape index (κ2) is 8.27. The summed E-state index contributed by atoms with van der Waals surface area (Å²) in [5.74, 6) is 1.40. The Morgan fingerprint density at radius 2 is 2.00 bits per heavy atom. The van der Waals surface area contributed by atoms with Crippen molar-refractivity contribution in [2.24, 2.45) is 5.92 Å². The van der Waals surface area contributed by atoms with Gasteiger partial charge in [-0.1, -0.05) is 25.1 Å². The summed E-state index contributed by atoms with van der Waals surface area (Å²) < 4.78 is 28.0. The predicted octanol–water partition coefficient (Wildman–Crippen LogP) is 1.90. The van der Waals surface area contributed by atoms with Crippen molar-refractivity contribution in [1.29, 1.82) is 0 Å². The first-order chi connectivity index (χ1) is 9.46. The Morgan fingerprint density at radius 1 is 1.30 bits per heavy atom. The van der Waals surface area contributed by atoms with E-state index in [9.17, 15) is 8.42 Å². The van der Waals surface area contributed by atoms with Crippen LogP contribution in [0.4, 0.5) is 0 Å². The molecule has 0 radical (unpaired) electrons. The number of rotatable bonds is 9. The van der Waals surface area contributed by atoms with Crippen LogP contribution < -0.4 is 10.1 Å². The van der Waals surface area contributed by atoms with Gasteiger partial charge >= 0.3 is 0 Å². The topological polar surface area (TPSA) is 55.4 Å². The SMILES string of the molecule is CCNCC(CCS(C)(=O)=O)Cc1ccccc1OC. The molecular weight excluding hydrogens is 274 g/mol. The molecule has 1 atom stereocenters. The lowest BCUT2D eigenvalue weighted by molar-refractivity contribution is 0.399. The lowest BCUT2D eigenvalue weighted by atomic mass is 9.96. The number of ether oxygens (including phenoxy) is 1. The van der Waals surface area contributed by atoms with Crippen molar-refractivity contribution in [3.05, 3.63) is 29.8 Å². The molecule has 1 unspecified atom stereocenters. The van der Waals surface area contributed by atoms with Crippen LogP contribution in [0.3, 0.4) is 0 Å². The Hall–Kier alpha value is -1.07. The maximum atomic E-state index is 11.3. The molecular formula is C15H25NO3S. The fraction of sp³-hybridized carbons (Fsp3) is 0.600. The lowest BCUT2D eigenvalue weighted by Gasteiger charge is -2.18. The maximum absolute atomic E-state index is 11.3. The number of methoxy groups -OCH3 is 1. The van der Waals surface area contributed by atoms with Gasteiger partial charge in [-0.15, -0.1) is 0 Å². The molecule has 20 heavy (non-hydrogen) atoms. The normalized spacial score (nSPS) is 13.2. The van der Waals surface area contributed by atoms with Crippen molar-refractivity contribution in [2.45, 2.75) is 19.8 Å². The molecule has 114 valence electrons. The number of hydrogen-bond donors (Lipinski definition) is 1. The van der Waals surface area contributed by atoms with E-state index in [1.807, 2.05) is 24.3 Å². The summed E-state index contributed by atoms with van der Waals surface area (Å²) in [6.45, 7) is 3.77. The molecule has 0 spiro atoms. The first-order valence-electron chi connectivity index (χ1n) is 6.96. The summed E-state index contributed by atoms with van der Waals surface area (Å²) in [5, 5.41) is 3.31. The fourth-order valence-corrected chi connectivity index (χ4v) is 2.95. The van der Waals surface area contributed by atoms with Crippen LogP contribution in [0.5, 0.6) is 5.75 Å². The molecule has 0 aliphatic rings. The Morgan fingerprint density at radius 3 is 2.60 bits per heavy atom. The summed E-state index contributed by atoms with van der Waals surface area (Å²) in [5.41, 5.74) is 1.13. The molecule has 5 heteroatoms. The molecule has 0 bridgehead atoms. The Balaban J connectivity index is 2.72. The van der Waals surface area contributed by atoms with Crippen LogP contribution >= 0.6 is 0 Å². The van der Waals surface area contributed by atoms with Gasteiger partial charge in [-0.3, -0.25) is 0 Å². The smallest absolute Gasteiger partial charge is 0.147 e. The van der Waals surface area contributed by atoms with Crippen LogP contribution in [0, 0.1) is 5.92 Å². The van der Waals surface area contributed by atoms with Gasteiger partial charge < -0.3 is 10.1 Å². The molecule has 0 saturated carbocycles. The standard InChI is InChI=1S/C15H25NO3S/c1-4-16-12-13(9-10-20(3,17)18)11-14-7-5-6-8-15(14)19-2/h5-8,13,16H,4,9-12H2,1-3H3. The van der Waals surface area contributed by atoms with Crippen LogP contribution in [0.2, 0.25) is 0 Å². The summed E-state index contributed by atoms with van der Waals surface area (Å²) >= 11 is 0. The van der Waals surface area contributed by atoms with Gasteiger partial charge in [0.25, 0.3) is 0 Å². The van der Waals surface area contributed by atoms with Gasteiger partial charge in [0.05, 0.1) is 12.9 Å². The van der Waals surface area contributed by atoms with E-state index in [0.717, 1.165) is 30.8 Å². The van der Waals surface area contributed by atoms with Gasteiger partial charge in [0, 0.05) is 6.26 Å². The fourth-order valence-electron chi connectivity index (χ4n) is 2.19. The highest BCUT2D eigenvalue weighted by atomic mass is 32.2. The Kier molecular flexibility index (Phi) is 7.02. The van der Waals surface area contributed by atoms with Crippen molar-refractivity contribution in [1.82, 2.24) is 5.32 Å². The third kappa shape index (κ3) is 6.39. The van der Waals surface area contributed by atoms with Crippen molar-refractivity contribution in [3.8, 4) is 5.75 Å². The molecule has 0 aliphatic carbocycles. The predicted molar refractivity (Wildman–Crippen MR) is 83.1 cm³/mol. The van der Waals surface area contributed by atoms with Crippen LogP contribution in [0.15, 0.2) is 24.3 Å². The van der Waals surface area contributed by atoms with Gasteiger partial charge in [-0.05, 0) is 43.5 Å². The van der Waals surface area contributed by atoms with Crippen LogP contribution in [-0.2, 0) is 16.3 Å². The minimum absolute atomic E-state index is 0.234. The number of nitrogens with one attached hydrogen (secondary N) is 1. The molecule has 1 aromatic carbocycles. The van der Waals surface area contributed by atoms with E-state index in [2.05, 4.69) is 12.2 Å². The Labute approximate surface area is 122 Å². The van der Waals surface area contributed by atoms with E-state index in [4.69, 9.17) is 4.74 Å². The molecule has 0 aromatic heterocycles. The van der Waals surface area contributed by atoms with Crippen molar-refractivity contribution in [3.63, 3.8) is 0 Å². The minimum Gasteiger partial charge on any atom is -0.496 e. The van der Waals surface area contributed by atoms with E-state index in [-0.39, 0.29) is 5.75 Å². The van der Waals surface area contributed by atoms with Gasteiger partial charge in [0.1, 0.15) is 15.6 Å². The van der Waals surface area contributed by atoms with Gasteiger partial charge in [-0.25, -0.2) is 8.42 Å². The zero-order valence-electron chi connectivity index (χ0n) is 12.6. The zero-order chi connectivity index (χ0) is 15.0. The zero-order valence-corrected chi connectivity index (χ0v) is 13.4. The van der Waals surface area contributed by atoms with E-state index < -0.39 is 9.84 Å². The largest absolute Gasteiger partial charge is 0.496 e. The van der Waals surface area contributed by atoms with E-state index in [0.29, 0.717) is 12.3 Å². The third-order valence-electron chi connectivity index (χ3n) is 3.28. The molecule has 4 nitrogen and oxygen atoms in total. The first-order valence-corrected chi connectivity index (χ1v) is 9.02. The molecule has 1 N–H and O–H groups in total. The van der Waals surface area contributed by atoms with E-state index in [1.165, 1.54) is 6.26 Å². The first kappa shape index (κ1) is 17.0. The summed E-state index contributed by atoms with van der Waals surface area (Å²) in [7, 11) is -1.25. The van der Waals surface area contributed by atoms with Gasteiger partial charge in [0.15, 0.2) is 0 Å². The number of para-hydroxylation sites is 1. The van der Waals surface area contributed by atoms with E-state index >= 15 is 0 Å². The average molecular weight is 299 g/mol. The quantitative estimate of drug-likeness (QED) is 0.756. The molecule has 0 amide bonds. The Bertz CT molecular complexity index is 500. The van der Waals surface area contributed by atoms with Crippen molar-refractivity contribution < 1.29 is 13.2 Å². The molecule has 0 aliphatic heterocycles. The second-order valence-corrected chi connectivity index (χ2v) is 7.37. The second-order valence-electron chi connectivity index (χ2n) is 5.11.